The zero-order valence-corrected chi connectivity index (χ0v) is 13.1. The summed E-state index contributed by atoms with van der Waals surface area (Å²) in [7, 11) is 0. The monoisotopic (exact) mass is 325 g/mol. The number of carbonyl (C=O) groups is 1. The van der Waals surface area contributed by atoms with Gasteiger partial charge in [0, 0.05) is 5.56 Å². The zero-order valence-electron chi connectivity index (χ0n) is 13.1. The molecule has 2 N–H and O–H groups in total. The molecule has 0 bridgehead atoms. The average Bonchev–Trinajstić information content (AvgIpc) is 3.19. The van der Waals surface area contributed by atoms with Gasteiger partial charge in [-0.05, 0) is 23.3 Å². The van der Waals surface area contributed by atoms with E-state index >= 15 is 0 Å². The Morgan fingerprint density at radius 1 is 0.958 bits per heavy atom. The van der Waals surface area contributed by atoms with E-state index < -0.39 is 6.10 Å². The van der Waals surface area contributed by atoms with Crippen LogP contribution in [0.5, 0.6) is 0 Å². The molecular weight excluding hydrogens is 306 g/mol. The number of fused-ring (bicyclic) bond motifs is 1. The lowest BCUT2D eigenvalue weighted by molar-refractivity contribution is 0.0178. The van der Waals surface area contributed by atoms with E-state index in [1.165, 1.54) is 0 Å². The Balaban J connectivity index is 1.49. The normalized spacial score (nSPS) is 28.5. The van der Waals surface area contributed by atoms with E-state index in [9.17, 15) is 9.90 Å². The van der Waals surface area contributed by atoms with E-state index in [0.29, 0.717) is 12.2 Å². The number of rotatable bonds is 3. The summed E-state index contributed by atoms with van der Waals surface area (Å²) in [4.78, 5) is 12.6. The van der Waals surface area contributed by atoms with Crippen LogP contribution >= 0.6 is 0 Å². The number of nitrogens with one attached hydrogen (secondary N) is 1. The van der Waals surface area contributed by atoms with E-state index in [4.69, 9.17) is 9.47 Å². The van der Waals surface area contributed by atoms with Gasteiger partial charge in [0.2, 0.25) is 0 Å². The van der Waals surface area contributed by atoms with Crippen molar-refractivity contribution in [3.05, 3.63) is 60.2 Å². The van der Waals surface area contributed by atoms with Crippen molar-refractivity contribution in [1.29, 1.82) is 0 Å². The van der Waals surface area contributed by atoms with Crippen molar-refractivity contribution in [2.45, 2.75) is 24.4 Å². The smallest absolute Gasteiger partial charge is 0.251 e. The summed E-state index contributed by atoms with van der Waals surface area (Å²) in [6, 6.07) is 17.2. The van der Waals surface area contributed by atoms with Crippen LogP contribution < -0.4 is 5.32 Å². The summed E-state index contributed by atoms with van der Waals surface area (Å²) in [6.07, 6.45) is -1.23. The predicted molar refractivity (Wildman–Crippen MR) is 88.6 cm³/mol. The number of amides is 1. The number of aliphatic hydroxyl groups is 1. The van der Waals surface area contributed by atoms with Crippen molar-refractivity contribution in [2.24, 2.45) is 0 Å². The molecule has 2 heterocycles. The lowest BCUT2D eigenvalue weighted by Gasteiger charge is -2.17. The summed E-state index contributed by atoms with van der Waals surface area (Å²) in [5.74, 6) is -0.160. The van der Waals surface area contributed by atoms with Crippen molar-refractivity contribution in [3.63, 3.8) is 0 Å². The van der Waals surface area contributed by atoms with Gasteiger partial charge in [0.05, 0.1) is 19.3 Å². The van der Waals surface area contributed by atoms with Gasteiger partial charge in [0.1, 0.15) is 18.3 Å². The lowest BCUT2D eigenvalue weighted by atomic mass is 10.0. The first-order valence-corrected chi connectivity index (χ1v) is 8.10. The highest BCUT2D eigenvalue weighted by Gasteiger charge is 2.47. The maximum Gasteiger partial charge on any atom is 0.251 e. The second-order valence-electron chi connectivity index (χ2n) is 6.19. The fraction of sp³-hybridized carbons (Fsp3) is 0.316. The van der Waals surface area contributed by atoms with Gasteiger partial charge in [-0.1, -0.05) is 42.5 Å². The third-order valence-corrected chi connectivity index (χ3v) is 4.58. The van der Waals surface area contributed by atoms with Crippen LogP contribution in [0.2, 0.25) is 0 Å². The van der Waals surface area contributed by atoms with Crippen LogP contribution in [0.15, 0.2) is 54.6 Å². The fourth-order valence-electron chi connectivity index (χ4n) is 3.33. The minimum absolute atomic E-state index is 0.160. The molecule has 24 heavy (non-hydrogen) atoms. The molecule has 5 heteroatoms. The summed E-state index contributed by atoms with van der Waals surface area (Å²) in [6.45, 7) is 0.613. The van der Waals surface area contributed by atoms with Crippen LogP contribution in [0.1, 0.15) is 10.4 Å². The number of carbonyl (C=O) groups excluding carboxylic acids is 1. The van der Waals surface area contributed by atoms with Crippen molar-refractivity contribution >= 4 is 5.91 Å². The first kappa shape index (κ1) is 15.3. The summed E-state index contributed by atoms with van der Waals surface area (Å²) in [5, 5.41) is 12.7. The minimum atomic E-state index is -0.613. The van der Waals surface area contributed by atoms with Crippen molar-refractivity contribution in [1.82, 2.24) is 5.32 Å². The van der Waals surface area contributed by atoms with Gasteiger partial charge in [-0.25, -0.2) is 0 Å². The molecule has 0 saturated carbocycles. The van der Waals surface area contributed by atoms with Crippen LogP contribution in [0, 0.1) is 0 Å². The third-order valence-electron chi connectivity index (χ3n) is 4.58. The standard InChI is InChI=1S/C19H19NO4/c21-16-11-24-17-15(10-23-18(16)17)20-19(22)14-8-4-7-13(9-14)12-5-2-1-3-6-12/h1-9,15-18,21H,10-11H2,(H,20,22)/t15-,16+,17+,18+/m0/s1. The van der Waals surface area contributed by atoms with Gasteiger partial charge in [-0.15, -0.1) is 0 Å². The van der Waals surface area contributed by atoms with Gasteiger partial charge in [0.15, 0.2) is 0 Å². The van der Waals surface area contributed by atoms with Crippen LogP contribution in [0.3, 0.4) is 0 Å². The SMILES string of the molecule is O=C(N[C@H]1CO[C@H]2[C@@H]1OC[C@H]2O)c1cccc(-c2ccccc2)c1. The maximum absolute atomic E-state index is 12.6. The second kappa shape index (κ2) is 6.36. The molecule has 2 fully saturated rings. The molecule has 5 nitrogen and oxygen atoms in total. The fourth-order valence-corrected chi connectivity index (χ4v) is 3.33. The Labute approximate surface area is 140 Å². The largest absolute Gasteiger partial charge is 0.388 e. The average molecular weight is 325 g/mol. The molecular formula is C19H19NO4. The molecule has 4 atom stereocenters. The zero-order chi connectivity index (χ0) is 16.5. The highest BCUT2D eigenvalue weighted by molar-refractivity contribution is 5.95. The minimum Gasteiger partial charge on any atom is -0.388 e. The Bertz CT molecular complexity index is 733. The Morgan fingerprint density at radius 2 is 1.71 bits per heavy atom. The van der Waals surface area contributed by atoms with Crippen LogP contribution in [-0.2, 0) is 9.47 Å². The van der Waals surface area contributed by atoms with Crippen LogP contribution in [0.4, 0.5) is 0 Å². The van der Waals surface area contributed by atoms with Crippen molar-refractivity contribution in [2.75, 3.05) is 13.2 Å². The van der Waals surface area contributed by atoms with Gasteiger partial charge < -0.3 is 19.9 Å². The van der Waals surface area contributed by atoms with Crippen molar-refractivity contribution in [3.8, 4) is 11.1 Å². The Morgan fingerprint density at radius 3 is 2.54 bits per heavy atom. The van der Waals surface area contributed by atoms with E-state index in [-0.39, 0.29) is 30.8 Å². The number of hydrogen-bond acceptors (Lipinski definition) is 4. The van der Waals surface area contributed by atoms with E-state index in [1.807, 2.05) is 48.5 Å². The molecule has 4 rings (SSSR count). The first-order valence-electron chi connectivity index (χ1n) is 8.10. The van der Waals surface area contributed by atoms with Gasteiger partial charge in [0.25, 0.3) is 5.91 Å². The second-order valence-corrected chi connectivity index (χ2v) is 6.19. The topological polar surface area (TPSA) is 67.8 Å². The molecule has 2 aliphatic rings. The van der Waals surface area contributed by atoms with E-state index in [2.05, 4.69) is 5.32 Å². The summed E-state index contributed by atoms with van der Waals surface area (Å²) >= 11 is 0. The van der Waals surface area contributed by atoms with Gasteiger partial charge in [-0.2, -0.15) is 0 Å². The highest BCUT2D eigenvalue weighted by Crippen LogP contribution is 2.27. The quantitative estimate of drug-likeness (QED) is 0.900. The molecule has 2 aromatic carbocycles. The summed E-state index contributed by atoms with van der Waals surface area (Å²) in [5.41, 5.74) is 2.66. The third kappa shape index (κ3) is 2.82. The predicted octanol–water partition coefficient (Wildman–Crippen LogP) is 1.61. The number of hydrogen-bond donors (Lipinski definition) is 2. The molecule has 124 valence electrons. The molecule has 2 aliphatic heterocycles. The van der Waals surface area contributed by atoms with Crippen LogP contribution in [0.25, 0.3) is 11.1 Å². The molecule has 2 aromatic rings. The molecule has 0 spiro atoms. The molecule has 2 saturated heterocycles. The molecule has 1 amide bonds. The van der Waals surface area contributed by atoms with Gasteiger partial charge in [-0.3, -0.25) is 4.79 Å². The van der Waals surface area contributed by atoms with Crippen LogP contribution in [-0.4, -0.2) is 48.6 Å². The molecule has 0 aliphatic carbocycles. The molecule has 0 radical (unpaired) electrons. The molecule has 0 aromatic heterocycles. The Kier molecular flexibility index (Phi) is 4.06. The highest BCUT2D eigenvalue weighted by atomic mass is 16.6. The first-order chi connectivity index (χ1) is 11.7. The number of ether oxygens (including phenoxy) is 2. The van der Waals surface area contributed by atoms with Gasteiger partial charge >= 0.3 is 0 Å². The summed E-state index contributed by atoms with van der Waals surface area (Å²) < 4.78 is 11.1. The Hall–Kier alpha value is -2.21. The van der Waals surface area contributed by atoms with Crippen molar-refractivity contribution < 1.29 is 19.4 Å². The van der Waals surface area contributed by atoms with E-state index in [0.717, 1.165) is 11.1 Å². The number of benzene rings is 2. The number of aliphatic hydroxyl groups excluding tert-OH is 1. The maximum atomic E-state index is 12.6. The van der Waals surface area contributed by atoms with E-state index in [1.54, 1.807) is 6.07 Å². The molecule has 0 unspecified atom stereocenters. The lowest BCUT2D eigenvalue weighted by Crippen LogP contribution is -2.44.